The molecule has 1 atom stereocenters. The van der Waals surface area contributed by atoms with Gasteiger partial charge < -0.3 is 19.1 Å². The maximum atomic E-state index is 13.1. The summed E-state index contributed by atoms with van der Waals surface area (Å²) in [5.41, 5.74) is 0.945. The van der Waals surface area contributed by atoms with Gasteiger partial charge in [0.05, 0.1) is 26.2 Å². The highest BCUT2D eigenvalue weighted by atomic mass is 16.5. The van der Waals surface area contributed by atoms with E-state index in [2.05, 4.69) is 0 Å². The molecular formula is C25H33NO5. The lowest BCUT2D eigenvalue weighted by atomic mass is 9.52. The van der Waals surface area contributed by atoms with Gasteiger partial charge in [0, 0.05) is 12.1 Å². The fourth-order valence-electron chi connectivity index (χ4n) is 7.11. The first-order chi connectivity index (χ1) is 15.1. The average molecular weight is 428 g/mol. The number of nitrogens with zero attached hydrogens (tertiary/aromatic N) is 1. The molecule has 1 aliphatic heterocycles. The van der Waals surface area contributed by atoms with Gasteiger partial charge in [-0.2, -0.15) is 0 Å². The molecule has 6 heteroatoms. The van der Waals surface area contributed by atoms with Crippen LogP contribution < -0.4 is 9.47 Å². The number of hydrogen-bond donors (Lipinski definition) is 0. The minimum Gasteiger partial charge on any atom is -0.497 e. The van der Waals surface area contributed by atoms with Gasteiger partial charge in [-0.3, -0.25) is 9.59 Å². The Balaban J connectivity index is 1.24. The van der Waals surface area contributed by atoms with Gasteiger partial charge in [0.1, 0.15) is 11.5 Å². The molecule has 4 aliphatic carbocycles. The summed E-state index contributed by atoms with van der Waals surface area (Å²) in [6, 6.07) is 5.59. The summed E-state index contributed by atoms with van der Waals surface area (Å²) in [5.74, 6) is 3.81. The van der Waals surface area contributed by atoms with Gasteiger partial charge in [-0.05, 0) is 86.8 Å². The second-order valence-corrected chi connectivity index (χ2v) is 9.92. The highest BCUT2D eigenvalue weighted by Crippen LogP contribution is 2.56. The van der Waals surface area contributed by atoms with E-state index in [-0.39, 0.29) is 30.4 Å². The molecule has 4 bridgehead atoms. The van der Waals surface area contributed by atoms with E-state index in [0.717, 1.165) is 41.7 Å². The Morgan fingerprint density at radius 2 is 1.71 bits per heavy atom. The van der Waals surface area contributed by atoms with Crippen molar-refractivity contribution in [3.8, 4) is 11.5 Å². The Kier molecular flexibility index (Phi) is 5.57. The average Bonchev–Trinajstić information content (AvgIpc) is 3.26. The Morgan fingerprint density at radius 3 is 2.35 bits per heavy atom. The highest BCUT2D eigenvalue weighted by molar-refractivity contribution is 5.82. The fourth-order valence-corrected chi connectivity index (χ4v) is 7.11. The normalized spacial score (nSPS) is 33.4. The summed E-state index contributed by atoms with van der Waals surface area (Å²) in [4.78, 5) is 27.8. The molecule has 1 aromatic carbocycles. The molecule has 168 valence electrons. The second kappa shape index (κ2) is 8.36. The summed E-state index contributed by atoms with van der Waals surface area (Å²) in [6.45, 7) is 0.504. The monoisotopic (exact) mass is 427 g/mol. The van der Waals surface area contributed by atoms with Crippen LogP contribution >= 0.6 is 0 Å². The van der Waals surface area contributed by atoms with Crippen LogP contribution in [0.25, 0.3) is 0 Å². The van der Waals surface area contributed by atoms with E-state index >= 15 is 0 Å². The Bertz CT molecular complexity index is 824. The quantitative estimate of drug-likeness (QED) is 0.643. The van der Waals surface area contributed by atoms with Crippen molar-refractivity contribution >= 4 is 11.9 Å². The highest BCUT2D eigenvalue weighted by Gasteiger charge is 2.51. The van der Waals surface area contributed by atoms with Gasteiger partial charge in [-0.15, -0.1) is 0 Å². The number of rotatable bonds is 6. The number of hydrogen-bond acceptors (Lipinski definition) is 5. The molecule has 1 aromatic rings. The van der Waals surface area contributed by atoms with Crippen LogP contribution in [0.2, 0.25) is 0 Å². The van der Waals surface area contributed by atoms with E-state index in [0.29, 0.717) is 18.4 Å². The van der Waals surface area contributed by atoms with E-state index in [4.69, 9.17) is 14.2 Å². The number of likely N-dealkylation sites (tertiary alicyclic amines) is 1. The van der Waals surface area contributed by atoms with E-state index < -0.39 is 0 Å². The van der Waals surface area contributed by atoms with Crippen LogP contribution in [0.3, 0.4) is 0 Å². The van der Waals surface area contributed by atoms with E-state index in [1.54, 1.807) is 14.2 Å². The molecule has 6 rings (SSSR count). The van der Waals surface area contributed by atoms with Crippen LogP contribution in [-0.2, 0) is 14.3 Å². The first-order valence-corrected chi connectivity index (χ1v) is 11.8. The molecule has 0 aromatic heterocycles. The molecule has 31 heavy (non-hydrogen) atoms. The minimum atomic E-state index is -0.162. The fraction of sp³-hybridized carbons (Fsp3) is 0.680. The van der Waals surface area contributed by atoms with Crippen molar-refractivity contribution in [2.24, 2.45) is 29.6 Å². The van der Waals surface area contributed by atoms with Crippen molar-refractivity contribution in [3.05, 3.63) is 23.8 Å². The Morgan fingerprint density at radius 1 is 1.00 bits per heavy atom. The van der Waals surface area contributed by atoms with Crippen molar-refractivity contribution in [3.63, 3.8) is 0 Å². The lowest BCUT2D eigenvalue weighted by molar-refractivity contribution is -0.166. The molecule has 0 radical (unpaired) electrons. The van der Waals surface area contributed by atoms with Gasteiger partial charge in [-0.25, -0.2) is 0 Å². The van der Waals surface area contributed by atoms with Crippen LogP contribution in [0.5, 0.6) is 11.5 Å². The summed E-state index contributed by atoms with van der Waals surface area (Å²) in [5, 5.41) is 0. The molecule has 0 unspecified atom stereocenters. The number of carbonyl (C=O) groups excluding carboxylic acids is 2. The summed E-state index contributed by atoms with van der Waals surface area (Å²) < 4.78 is 16.6. The molecule has 1 amide bonds. The molecule has 0 spiro atoms. The SMILES string of the molecule is COc1ccc(OC)c([C@@H]2CCCN2C(=O)COC(=O)C2C3CC4CC(C3)CC2C4)c1. The predicted molar refractivity (Wildman–Crippen MR) is 115 cm³/mol. The molecule has 0 N–H and O–H groups in total. The molecule has 1 saturated heterocycles. The lowest BCUT2D eigenvalue weighted by Gasteiger charge is -2.53. The van der Waals surface area contributed by atoms with Crippen LogP contribution in [0.1, 0.15) is 56.6 Å². The van der Waals surface area contributed by atoms with Gasteiger partial charge in [0.15, 0.2) is 6.61 Å². The topological polar surface area (TPSA) is 65.1 Å². The third kappa shape index (κ3) is 3.79. The smallest absolute Gasteiger partial charge is 0.310 e. The molecule has 5 fully saturated rings. The first kappa shape index (κ1) is 20.7. The zero-order valence-corrected chi connectivity index (χ0v) is 18.5. The van der Waals surface area contributed by atoms with Gasteiger partial charge in [0.25, 0.3) is 5.91 Å². The van der Waals surface area contributed by atoms with Gasteiger partial charge >= 0.3 is 5.97 Å². The third-order valence-corrected chi connectivity index (χ3v) is 8.21. The molecular weight excluding hydrogens is 394 g/mol. The van der Waals surface area contributed by atoms with Crippen LogP contribution in [-0.4, -0.2) is 44.1 Å². The number of amides is 1. The second-order valence-electron chi connectivity index (χ2n) is 9.92. The van der Waals surface area contributed by atoms with Gasteiger partial charge in [-0.1, -0.05) is 0 Å². The van der Waals surface area contributed by atoms with Crippen molar-refractivity contribution in [2.75, 3.05) is 27.4 Å². The standard InChI is InChI=1S/C25H33NO5/c1-29-19-5-6-22(30-2)20(13-19)21-4-3-7-26(21)23(27)14-31-25(28)24-17-9-15-8-16(11-17)12-18(24)10-15/h5-6,13,15-18,21,24H,3-4,7-12,14H2,1-2H3/t15?,16?,17?,18?,21-,24?/m0/s1. The molecule has 1 heterocycles. The largest absolute Gasteiger partial charge is 0.497 e. The summed E-state index contributed by atoms with van der Waals surface area (Å²) in [6.07, 6.45) is 7.82. The number of esters is 1. The number of carbonyl (C=O) groups is 2. The Labute approximate surface area is 184 Å². The van der Waals surface area contributed by atoms with E-state index in [1.165, 1.54) is 32.1 Å². The van der Waals surface area contributed by atoms with Gasteiger partial charge in [0.2, 0.25) is 0 Å². The van der Waals surface area contributed by atoms with Crippen molar-refractivity contribution < 1.29 is 23.8 Å². The summed E-state index contributed by atoms with van der Waals surface area (Å²) in [7, 11) is 3.27. The van der Waals surface area contributed by atoms with Crippen LogP contribution in [0, 0.1) is 29.6 Å². The molecule has 6 nitrogen and oxygen atoms in total. The predicted octanol–water partition coefficient (Wildman–Crippen LogP) is 3.98. The van der Waals surface area contributed by atoms with Crippen LogP contribution in [0.4, 0.5) is 0 Å². The summed E-state index contributed by atoms with van der Waals surface area (Å²) >= 11 is 0. The Hall–Kier alpha value is -2.24. The maximum Gasteiger partial charge on any atom is 0.310 e. The minimum absolute atomic E-state index is 0.00783. The third-order valence-electron chi connectivity index (χ3n) is 8.21. The lowest BCUT2D eigenvalue weighted by Crippen LogP contribution is -2.48. The van der Waals surface area contributed by atoms with Crippen molar-refractivity contribution in [1.82, 2.24) is 4.90 Å². The first-order valence-electron chi connectivity index (χ1n) is 11.8. The zero-order chi connectivity index (χ0) is 21.5. The number of ether oxygens (including phenoxy) is 3. The number of benzene rings is 1. The van der Waals surface area contributed by atoms with E-state index in [9.17, 15) is 9.59 Å². The zero-order valence-electron chi connectivity index (χ0n) is 18.5. The molecule has 5 aliphatic rings. The van der Waals surface area contributed by atoms with Crippen molar-refractivity contribution in [1.29, 1.82) is 0 Å². The number of methoxy groups -OCH3 is 2. The maximum absolute atomic E-state index is 13.1. The van der Waals surface area contributed by atoms with Crippen molar-refractivity contribution in [2.45, 2.75) is 51.0 Å². The molecule has 4 saturated carbocycles. The van der Waals surface area contributed by atoms with Crippen LogP contribution in [0.15, 0.2) is 18.2 Å². The van der Waals surface area contributed by atoms with E-state index in [1.807, 2.05) is 23.1 Å².